The lowest BCUT2D eigenvalue weighted by atomic mass is 9.92. The number of carbonyl (C=O) groups excluding carboxylic acids is 2. The maximum Gasteiger partial charge on any atom is 0.330 e. The van der Waals surface area contributed by atoms with Crippen molar-refractivity contribution in [1.82, 2.24) is 9.80 Å². The van der Waals surface area contributed by atoms with Gasteiger partial charge in [-0.2, -0.15) is 0 Å². The molecule has 0 heterocycles. The summed E-state index contributed by atoms with van der Waals surface area (Å²) < 4.78 is 5.67. The Bertz CT molecular complexity index is 816. The first-order valence-corrected chi connectivity index (χ1v) is 24.2. The molecule has 0 aromatic rings. The summed E-state index contributed by atoms with van der Waals surface area (Å²) in [4.78, 5) is 30.9. The second kappa shape index (κ2) is 41.3. The molecule has 0 rings (SSSR count). The summed E-state index contributed by atoms with van der Waals surface area (Å²) in [5, 5.41) is 0. The monoisotopic (exact) mass is 761 g/mol. The quantitative estimate of drug-likeness (QED) is 0.0353. The number of ether oxygens (including phenoxy) is 1. The molecule has 0 saturated heterocycles. The van der Waals surface area contributed by atoms with E-state index in [4.69, 9.17) is 4.74 Å². The highest BCUT2D eigenvalue weighted by atomic mass is 16.5. The van der Waals surface area contributed by atoms with Crippen LogP contribution >= 0.6 is 0 Å². The molecule has 1 atom stereocenters. The Labute approximate surface area is 339 Å². The van der Waals surface area contributed by atoms with Crippen LogP contribution < -0.4 is 0 Å². The van der Waals surface area contributed by atoms with Gasteiger partial charge in [-0.05, 0) is 71.5 Å². The first kappa shape index (κ1) is 52.6. The van der Waals surface area contributed by atoms with Crippen molar-refractivity contribution in [3.8, 4) is 0 Å². The molecule has 0 aliphatic rings. The van der Waals surface area contributed by atoms with E-state index >= 15 is 0 Å². The fourth-order valence-electron chi connectivity index (χ4n) is 7.94. The standard InChI is InChI=1S/C49H96N2O3/c1-7-11-15-19-21-23-25-31-38-47(51(48(52)40-35-43-50(5)6)44-34-28-24-22-20-16-12-8-2)39-32-26-27-33-41-49(53)54-45-42-46(36-29-17-13-9-3)37-30-18-14-10-4/h33,41,46-47H,7-32,34-40,42-45H2,1-6H3. The molecular weight excluding hydrogens is 665 g/mol. The van der Waals surface area contributed by atoms with Gasteiger partial charge in [-0.15, -0.1) is 0 Å². The molecule has 5 heteroatoms. The van der Waals surface area contributed by atoms with Crippen LogP contribution in [0.3, 0.4) is 0 Å². The lowest BCUT2D eigenvalue weighted by Gasteiger charge is -2.33. The molecule has 0 spiro atoms. The SMILES string of the molecule is CCCCCCCCCCC(CCCCC=CC(=O)OCCC(CCCCCC)CCCCCC)N(CCCCCCCCCC)C(=O)CCCN(C)C. The van der Waals surface area contributed by atoms with Gasteiger partial charge in [0.15, 0.2) is 0 Å². The van der Waals surface area contributed by atoms with Crippen molar-refractivity contribution in [1.29, 1.82) is 0 Å². The molecule has 0 bridgehead atoms. The average molecular weight is 761 g/mol. The molecule has 0 aliphatic heterocycles. The molecule has 0 aliphatic carbocycles. The van der Waals surface area contributed by atoms with E-state index in [1.165, 1.54) is 161 Å². The maximum absolute atomic E-state index is 13.8. The molecule has 0 saturated carbocycles. The third-order valence-electron chi connectivity index (χ3n) is 11.5. The number of carbonyl (C=O) groups is 2. The summed E-state index contributed by atoms with van der Waals surface area (Å²) in [7, 11) is 4.20. The second-order valence-corrected chi connectivity index (χ2v) is 17.1. The van der Waals surface area contributed by atoms with Crippen LogP contribution in [0.15, 0.2) is 12.2 Å². The van der Waals surface area contributed by atoms with Crippen molar-refractivity contribution in [3.05, 3.63) is 12.2 Å². The zero-order valence-electron chi connectivity index (χ0n) is 37.6. The Balaban J connectivity index is 5.07. The van der Waals surface area contributed by atoms with Crippen LogP contribution in [0.5, 0.6) is 0 Å². The van der Waals surface area contributed by atoms with Gasteiger partial charge in [0.05, 0.1) is 6.61 Å². The fraction of sp³-hybridized carbons (Fsp3) is 0.918. The Kier molecular flexibility index (Phi) is 40.2. The van der Waals surface area contributed by atoms with Crippen LogP contribution in [0.25, 0.3) is 0 Å². The molecule has 0 aromatic heterocycles. The smallest absolute Gasteiger partial charge is 0.330 e. The van der Waals surface area contributed by atoms with E-state index in [0.29, 0.717) is 30.9 Å². The number of amides is 1. The minimum absolute atomic E-state index is 0.182. The van der Waals surface area contributed by atoms with E-state index in [1.807, 2.05) is 6.08 Å². The molecule has 1 amide bonds. The molecule has 0 radical (unpaired) electrons. The minimum atomic E-state index is -0.182. The Morgan fingerprint density at radius 1 is 0.500 bits per heavy atom. The van der Waals surface area contributed by atoms with Crippen molar-refractivity contribution in [3.63, 3.8) is 0 Å². The van der Waals surface area contributed by atoms with Gasteiger partial charge in [0.25, 0.3) is 0 Å². The summed E-state index contributed by atoms with van der Waals surface area (Å²) in [6.07, 6.45) is 45.5. The summed E-state index contributed by atoms with van der Waals surface area (Å²) >= 11 is 0. The van der Waals surface area contributed by atoms with Crippen LogP contribution in [0.1, 0.15) is 246 Å². The van der Waals surface area contributed by atoms with Gasteiger partial charge in [0.2, 0.25) is 5.91 Å². The Morgan fingerprint density at radius 3 is 1.46 bits per heavy atom. The van der Waals surface area contributed by atoms with Crippen molar-refractivity contribution in [2.75, 3.05) is 33.8 Å². The first-order valence-electron chi connectivity index (χ1n) is 24.2. The highest BCUT2D eigenvalue weighted by molar-refractivity contribution is 5.81. The van der Waals surface area contributed by atoms with Gasteiger partial charge in [-0.1, -0.05) is 201 Å². The summed E-state index contributed by atoms with van der Waals surface area (Å²) in [6, 6.07) is 0.340. The number of allylic oxidation sites excluding steroid dienone is 1. The molecular formula is C49H96N2O3. The predicted octanol–water partition coefficient (Wildman–Crippen LogP) is 14.8. The second-order valence-electron chi connectivity index (χ2n) is 17.1. The maximum atomic E-state index is 13.8. The van der Waals surface area contributed by atoms with Gasteiger partial charge in [-0.3, -0.25) is 4.79 Å². The van der Waals surface area contributed by atoms with Crippen molar-refractivity contribution < 1.29 is 14.3 Å². The summed E-state index contributed by atoms with van der Waals surface area (Å²) in [5.74, 6) is 0.874. The molecule has 54 heavy (non-hydrogen) atoms. The normalized spacial score (nSPS) is 12.4. The molecule has 1 unspecified atom stereocenters. The van der Waals surface area contributed by atoms with Gasteiger partial charge >= 0.3 is 5.97 Å². The summed E-state index contributed by atoms with van der Waals surface area (Å²) in [5.41, 5.74) is 0. The number of esters is 1. The van der Waals surface area contributed by atoms with Crippen molar-refractivity contribution in [2.45, 2.75) is 252 Å². The van der Waals surface area contributed by atoms with Crippen LogP contribution in [-0.4, -0.2) is 61.5 Å². The minimum Gasteiger partial charge on any atom is -0.463 e. The molecule has 5 nitrogen and oxygen atoms in total. The highest BCUT2D eigenvalue weighted by Crippen LogP contribution is 2.23. The van der Waals surface area contributed by atoms with E-state index in [0.717, 1.165) is 64.5 Å². The average Bonchev–Trinajstić information content (AvgIpc) is 3.15. The molecule has 0 aromatic carbocycles. The number of unbranched alkanes of at least 4 members (excludes halogenated alkanes) is 22. The number of rotatable bonds is 42. The number of nitrogens with zero attached hydrogens (tertiary/aromatic N) is 2. The van der Waals surface area contributed by atoms with Gasteiger partial charge in [0.1, 0.15) is 0 Å². The fourth-order valence-corrected chi connectivity index (χ4v) is 7.94. The molecule has 0 N–H and O–H groups in total. The predicted molar refractivity (Wildman–Crippen MR) is 237 cm³/mol. The molecule has 320 valence electrons. The third-order valence-corrected chi connectivity index (χ3v) is 11.5. The van der Waals surface area contributed by atoms with Gasteiger partial charge < -0.3 is 14.5 Å². The lowest BCUT2D eigenvalue weighted by Crippen LogP contribution is -2.41. The number of hydrogen-bond acceptors (Lipinski definition) is 4. The van der Waals surface area contributed by atoms with Crippen molar-refractivity contribution in [2.24, 2.45) is 5.92 Å². The highest BCUT2D eigenvalue weighted by Gasteiger charge is 2.23. The largest absolute Gasteiger partial charge is 0.463 e. The van der Waals surface area contributed by atoms with Crippen LogP contribution in [0.2, 0.25) is 0 Å². The van der Waals surface area contributed by atoms with Crippen molar-refractivity contribution >= 4 is 11.9 Å². The zero-order valence-corrected chi connectivity index (χ0v) is 37.6. The van der Waals surface area contributed by atoms with Crippen LogP contribution in [-0.2, 0) is 14.3 Å². The Hall–Kier alpha value is -1.36. The van der Waals surface area contributed by atoms with E-state index in [2.05, 4.69) is 51.6 Å². The van der Waals surface area contributed by atoms with Crippen LogP contribution in [0.4, 0.5) is 0 Å². The van der Waals surface area contributed by atoms with Gasteiger partial charge in [0, 0.05) is 25.1 Å². The lowest BCUT2D eigenvalue weighted by molar-refractivity contribution is -0.138. The summed E-state index contributed by atoms with van der Waals surface area (Å²) in [6.45, 7) is 11.5. The van der Waals surface area contributed by atoms with E-state index in [1.54, 1.807) is 6.08 Å². The first-order chi connectivity index (χ1) is 26.4. The van der Waals surface area contributed by atoms with Crippen LogP contribution in [0, 0.1) is 5.92 Å². The van der Waals surface area contributed by atoms with E-state index in [-0.39, 0.29) is 5.97 Å². The number of hydrogen-bond donors (Lipinski definition) is 0. The Morgan fingerprint density at radius 2 is 0.944 bits per heavy atom. The molecule has 0 fully saturated rings. The van der Waals surface area contributed by atoms with E-state index in [9.17, 15) is 9.59 Å². The topological polar surface area (TPSA) is 49.9 Å². The van der Waals surface area contributed by atoms with E-state index < -0.39 is 0 Å². The van der Waals surface area contributed by atoms with Gasteiger partial charge in [-0.25, -0.2) is 4.79 Å². The zero-order chi connectivity index (χ0) is 39.7. The third kappa shape index (κ3) is 35.1.